The molecule has 0 aliphatic carbocycles. The topological polar surface area (TPSA) is 33.3 Å². The first kappa shape index (κ1) is 14.9. The highest BCUT2D eigenvalue weighted by molar-refractivity contribution is 4.70. The minimum absolute atomic E-state index is 0.234. The second-order valence-corrected chi connectivity index (χ2v) is 6.06. The van der Waals surface area contributed by atoms with Crippen LogP contribution >= 0.6 is 0 Å². The summed E-state index contributed by atoms with van der Waals surface area (Å²) in [5.74, 6) is 0. The van der Waals surface area contributed by atoms with E-state index < -0.39 is 0 Å². The second-order valence-electron chi connectivity index (χ2n) is 6.06. The molecule has 1 atom stereocenters. The van der Waals surface area contributed by atoms with Gasteiger partial charge in [-0.2, -0.15) is 0 Å². The lowest BCUT2D eigenvalue weighted by Gasteiger charge is -2.22. The highest BCUT2D eigenvalue weighted by atomic mass is 16.5. The van der Waals surface area contributed by atoms with Crippen LogP contribution in [0.3, 0.4) is 0 Å². The third kappa shape index (κ3) is 8.58. The van der Waals surface area contributed by atoms with Crippen molar-refractivity contribution >= 4 is 0 Å². The van der Waals surface area contributed by atoms with Gasteiger partial charge in [0.05, 0.1) is 6.10 Å². The maximum atomic E-state index is 5.71. The van der Waals surface area contributed by atoms with E-state index in [-0.39, 0.29) is 5.54 Å². The van der Waals surface area contributed by atoms with E-state index in [0.717, 1.165) is 26.2 Å². The van der Waals surface area contributed by atoms with Crippen LogP contribution in [0, 0.1) is 0 Å². The first-order chi connectivity index (χ1) is 8.08. The van der Waals surface area contributed by atoms with Crippen LogP contribution in [0.25, 0.3) is 0 Å². The van der Waals surface area contributed by atoms with Gasteiger partial charge in [-0.3, -0.25) is 0 Å². The maximum absolute atomic E-state index is 5.71. The number of hydrogen-bond acceptors (Lipinski definition) is 3. The molecule has 1 saturated heterocycles. The van der Waals surface area contributed by atoms with Crippen LogP contribution in [-0.4, -0.2) is 37.9 Å². The van der Waals surface area contributed by atoms with E-state index in [1.54, 1.807) is 0 Å². The summed E-state index contributed by atoms with van der Waals surface area (Å²) in [6.07, 6.45) is 6.88. The molecule has 1 heterocycles. The number of nitrogens with one attached hydrogen (secondary N) is 2. The third-order valence-corrected chi connectivity index (χ3v) is 3.11. The maximum Gasteiger partial charge on any atom is 0.0575 e. The van der Waals surface area contributed by atoms with Gasteiger partial charge in [-0.25, -0.2) is 0 Å². The zero-order chi connectivity index (χ0) is 12.6. The van der Waals surface area contributed by atoms with E-state index in [2.05, 4.69) is 31.4 Å². The first-order valence-electron chi connectivity index (χ1n) is 7.15. The predicted molar refractivity (Wildman–Crippen MR) is 73.5 cm³/mol. The lowest BCUT2D eigenvalue weighted by Crippen LogP contribution is -2.40. The van der Waals surface area contributed by atoms with Crippen LogP contribution in [0.1, 0.15) is 52.9 Å². The van der Waals surface area contributed by atoms with Gasteiger partial charge in [0.2, 0.25) is 0 Å². The SMILES string of the molecule is CC(C)(C)NCCNCCCC1CCCCO1. The number of hydrogen-bond donors (Lipinski definition) is 2. The first-order valence-corrected chi connectivity index (χ1v) is 7.15. The number of rotatable bonds is 7. The smallest absolute Gasteiger partial charge is 0.0575 e. The molecule has 1 unspecified atom stereocenters. The highest BCUT2D eigenvalue weighted by Gasteiger charge is 2.12. The van der Waals surface area contributed by atoms with E-state index in [0.29, 0.717) is 6.10 Å². The van der Waals surface area contributed by atoms with Gasteiger partial charge in [0.15, 0.2) is 0 Å². The Bertz CT molecular complexity index is 183. The summed E-state index contributed by atoms with van der Waals surface area (Å²) in [7, 11) is 0. The molecule has 3 nitrogen and oxygen atoms in total. The summed E-state index contributed by atoms with van der Waals surface area (Å²) >= 11 is 0. The summed E-state index contributed by atoms with van der Waals surface area (Å²) in [5.41, 5.74) is 0.234. The molecule has 0 spiro atoms. The van der Waals surface area contributed by atoms with Gasteiger partial charge in [-0.05, 0) is 59.4 Å². The predicted octanol–water partition coefficient (Wildman–Crippen LogP) is 2.31. The van der Waals surface area contributed by atoms with Crippen molar-refractivity contribution in [1.82, 2.24) is 10.6 Å². The van der Waals surface area contributed by atoms with Gasteiger partial charge >= 0.3 is 0 Å². The van der Waals surface area contributed by atoms with Gasteiger partial charge in [-0.15, -0.1) is 0 Å². The summed E-state index contributed by atoms with van der Waals surface area (Å²) in [5, 5.41) is 6.95. The van der Waals surface area contributed by atoms with E-state index in [4.69, 9.17) is 4.74 Å². The molecule has 0 aromatic rings. The molecule has 102 valence electrons. The molecule has 0 saturated carbocycles. The minimum Gasteiger partial charge on any atom is -0.378 e. The van der Waals surface area contributed by atoms with E-state index in [9.17, 15) is 0 Å². The fourth-order valence-corrected chi connectivity index (χ4v) is 2.14. The van der Waals surface area contributed by atoms with Crippen molar-refractivity contribution < 1.29 is 4.74 Å². The Kier molecular flexibility index (Phi) is 7.09. The van der Waals surface area contributed by atoms with Crippen LogP contribution in [0.5, 0.6) is 0 Å². The molecule has 0 radical (unpaired) electrons. The molecule has 0 aromatic heterocycles. The van der Waals surface area contributed by atoms with Crippen LogP contribution in [0.15, 0.2) is 0 Å². The van der Waals surface area contributed by atoms with E-state index in [1.165, 1.54) is 32.1 Å². The van der Waals surface area contributed by atoms with Gasteiger partial charge in [0, 0.05) is 25.2 Å². The van der Waals surface area contributed by atoms with Crippen LogP contribution in [0.2, 0.25) is 0 Å². The Morgan fingerprint density at radius 2 is 1.94 bits per heavy atom. The summed E-state index contributed by atoms with van der Waals surface area (Å²) in [4.78, 5) is 0. The lowest BCUT2D eigenvalue weighted by molar-refractivity contribution is 0.0102. The van der Waals surface area contributed by atoms with Crippen LogP contribution < -0.4 is 10.6 Å². The Balaban J connectivity index is 1.84. The zero-order valence-corrected chi connectivity index (χ0v) is 11.8. The fourth-order valence-electron chi connectivity index (χ4n) is 2.14. The average Bonchev–Trinajstić information content (AvgIpc) is 2.28. The molecule has 1 aliphatic rings. The van der Waals surface area contributed by atoms with Gasteiger partial charge in [0.25, 0.3) is 0 Å². The Morgan fingerprint density at radius 3 is 2.59 bits per heavy atom. The van der Waals surface area contributed by atoms with Crippen LogP contribution in [0.4, 0.5) is 0 Å². The molecule has 0 aromatic carbocycles. The third-order valence-electron chi connectivity index (χ3n) is 3.11. The average molecular weight is 242 g/mol. The van der Waals surface area contributed by atoms with E-state index in [1.807, 2.05) is 0 Å². The molecule has 0 bridgehead atoms. The van der Waals surface area contributed by atoms with Crippen molar-refractivity contribution in [2.75, 3.05) is 26.2 Å². The molecule has 3 heteroatoms. The molecule has 1 aliphatic heterocycles. The summed E-state index contributed by atoms with van der Waals surface area (Å²) < 4.78 is 5.71. The molecular weight excluding hydrogens is 212 g/mol. The normalized spacial score (nSPS) is 21.7. The lowest BCUT2D eigenvalue weighted by atomic mass is 10.0. The highest BCUT2D eigenvalue weighted by Crippen LogP contribution is 2.16. The fraction of sp³-hybridized carbons (Fsp3) is 1.00. The van der Waals surface area contributed by atoms with Gasteiger partial charge in [0.1, 0.15) is 0 Å². The Hall–Kier alpha value is -0.120. The molecular formula is C14H30N2O. The zero-order valence-electron chi connectivity index (χ0n) is 11.8. The van der Waals surface area contributed by atoms with Crippen molar-refractivity contribution in [2.24, 2.45) is 0 Å². The largest absolute Gasteiger partial charge is 0.378 e. The Labute approximate surface area is 107 Å². The molecule has 17 heavy (non-hydrogen) atoms. The van der Waals surface area contributed by atoms with Crippen LogP contribution in [-0.2, 0) is 4.74 Å². The molecule has 2 N–H and O–H groups in total. The Morgan fingerprint density at radius 1 is 1.12 bits per heavy atom. The summed E-state index contributed by atoms with van der Waals surface area (Å²) in [6, 6.07) is 0. The van der Waals surface area contributed by atoms with Crippen molar-refractivity contribution in [3.63, 3.8) is 0 Å². The number of ether oxygens (including phenoxy) is 1. The van der Waals surface area contributed by atoms with Gasteiger partial charge in [-0.1, -0.05) is 0 Å². The van der Waals surface area contributed by atoms with Crippen molar-refractivity contribution in [3.8, 4) is 0 Å². The van der Waals surface area contributed by atoms with Crippen molar-refractivity contribution in [3.05, 3.63) is 0 Å². The second kappa shape index (κ2) is 8.06. The van der Waals surface area contributed by atoms with Crippen molar-refractivity contribution in [2.45, 2.75) is 64.5 Å². The minimum atomic E-state index is 0.234. The van der Waals surface area contributed by atoms with E-state index >= 15 is 0 Å². The monoisotopic (exact) mass is 242 g/mol. The molecule has 1 fully saturated rings. The van der Waals surface area contributed by atoms with Crippen molar-refractivity contribution in [1.29, 1.82) is 0 Å². The summed E-state index contributed by atoms with van der Waals surface area (Å²) in [6.45, 7) is 10.8. The quantitative estimate of drug-likeness (QED) is 0.672. The van der Waals surface area contributed by atoms with Gasteiger partial charge < -0.3 is 15.4 Å². The standard InChI is InChI=1S/C14H30N2O/c1-14(2,3)16-11-10-15-9-6-8-13-7-4-5-12-17-13/h13,15-16H,4-12H2,1-3H3. The molecule has 1 rings (SSSR count). The molecule has 0 amide bonds.